The quantitative estimate of drug-likeness (QED) is 0.820. The molecule has 1 fully saturated rings. The molecule has 132 valence electrons. The van der Waals surface area contributed by atoms with Crippen molar-refractivity contribution in [3.8, 4) is 0 Å². The molecule has 1 aliphatic rings. The van der Waals surface area contributed by atoms with E-state index in [0.717, 1.165) is 5.56 Å². The third kappa shape index (κ3) is 4.77. The Morgan fingerprint density at radius 1 is 1.46 bits per heavy atom. The van der Waals surface area contributed by atoms with Crippen LogP contribution >= 0.6 is 0 Å². The molecule has 0 saturated carbocycles. The summed E-state index contributed by atoms with van der Waals surface area (Å²) in [7, 11) is 0. The molecule has 0 spiro atoms. The normalized spacial score (nSPS) is 17.9. The fourth-order valence-corrected chi connectivity index (χ4v) is 3.09. The van der Waals surface area contributed by atoms with Gasteiger partial charge in [0.15, 0.2) is 0 Å². The number of amides is 2. The van der Waals surface area contributed by atoms with E-state index in [1.807, 2.05) is 13.0 Å². The molecule has 2 amide bonds. The molecule has 24 heavy (non-hydrogen) atoms. The summed E-state index contributed by atoms with van der Waals surface area (Å²) in [5.74, 6) is -0.467. The molecule has 0 bridgehead atoms. The molecule has 0 unspecified atom stereocenters. The largest absolute Gasteiger partial charge is 0.395 e. The monoisotopic (exact) mass is 336 g/mol. The lowest BCUT2D eigenvalue weighted by Gasteiger charge is -2.34. The Morgan fingerprint density at radius 2 is 2.25 bits per heavy atom. The highest BCUT2D eigenvalue weighted by Crippen LogP contribution is 2.20. The van der Waals surface area contributed by atoms with Crippen LogP contribution in [0.15, 0.2) is 24.3 Å². The zero-order chi connectivity index (χ0) is 17.5. The molecule has 2 rings (SSSR count). The van der Waals surface area contributed by atoms with Crippen LogP contribution < -0.4 is 0 Å². The van der Waals surface area contributed by atoms with Gasteiger partial charge >= 0.3 is 0 Å². The maximum atomic E-state index is 13.2. The van der Waals surface area contributed by atoms with Gasteiger partial charge in [-0.3, -0.25) is 9.59 Å². The van der Waals surface area contributed by atoms with Crippen molar-refractivity contribution in [2.24, 2.45) is 5.92 Å². The van der Waals surface area contributed by atoms with Crippen LogP contribution in [-0.2, 0) is 16.0 Å². The molecule has 6 heteroatoms. The zero-order valence-electron chi connectivity index (χ0n) is 14.1. The van der Waals surface area contributed by atoms with Crippen molar-refractivity contribution < 1.29 is 19.1 Å². The maximum Gasteiger partial charge on any atom is 0.227 e. The number of hydrogen-bond donors (Lipinski definition) is 1. The molecule has 1 heterocycles. The number of benzene rings is 1. The van der Waals surface area contributed by atoms with Gasteiger partial charge in [-0.15, -0.1) is 0 Å². The minimum Gasteiger partial charge on any atom is -0.395 e. The second kappa shape index (κ2) is 8.78. The van der Waals surface area contributed by atoms with E-state index in [1.54, 1.807) is 15.9 Å². The second-order valence-electron chi connectivity index (χ2n) is 6.10. The summed E-state index contributed by atoms with van der Waals surface area (Å²) in [6.07, 6.45) is 1.48. The summed E-state index contributed by atoms with van der Waals surface area (Å²) in [6.45, 7) is 3.57. The molecule has 5 nitrogen and oxygen atoms in total. The number of halogens is 1. The highest BCUT2D eigenvalue weighted by molar-refractivity contribution is 5.83. The highest BCUT2D eigenvalue weighted by atomic mass is 19.1. The van der Waals surface area contributed by atoms with E-state index in [0.29, 0.717) is 45.4 Å². The molecule has 0 aliphatic carbocycles. The second-order valence-corrected chi connectivity index (χ2v) is 6.10. The van der Waals surface area contributed by atoms with Crippen molar-refractivity contribution in [1.82, 2.24) is 9.80 Å². The molecule has 0 aromatic heterocycles. The molecule has 0 radical (unpaired) electrons. The fourth-order valence-electron chi connectivity index (χ4n) is 3.09. The van der Waals surface area contributed by atoms with Gasteiger partial charge < -0.3 is 14.9 Å². The first-order valence-corrected chi connectivity index (χ1v) is 8.47. The predicted octanol–water partition coefficient (Wildman–Crippen LogP) is 1.45. The Bertz CT molecular complexity index is 579. The Kier molecular flexibility index (Phi) is 6.73. The number of carbonyl (C=O) groups excluding carboxylic acids is 2. The van der Waals surface area contributed by atoms with Gasteiger partial charge in [-0.05, 0) is 37.5 Å². The standard InChI is InChI=1S/C18H25FN2O3/c1-2-20(10-11-22)18(24)15-6-7-17(23)21(13-15)9-8-14-4-3-5-16(19)12-14/h3-5,12,15,22H,2,6-11,13H2,1H3/t15-/m0/s1. The van der Waals surface area contributed by atoms with Crippen LogP contribution in [0.25, 0.3) is 0 Å². The number of likely N-dealkylation sites (tertiary alicyclic amines) is 1. The molecule has 1 aliphatic heterocycles. The third-order valence-corrected chi connectivity index (χ3v) is 4.47. The number of aliphatic hydroxyl groups is 1. The minimum atomic E-state index is -0.284. The lowest BCUT2D eigenvalue weighted by Crippen LogP contribution is -2.48. The summed E-state index contributed by atoms with van der Waals surface area (Å²) in [5, 5.41) is 9.05. The van der Waals surface area contributed by atoms with Crippen molar-refractivity contribution in [2.75, 3.05) is 32.8 Å². The summed E-state index contributed by atoms with van der Waals surface area (Å²) >= 11 is 0. The third-order valence-electron chi connectivity index (χ3n) is 4.47. The number of carbonyl (C=O) groups is 2. The predicted molar refractivity (Wildman–Crippen MR) is 88.7 cm³/mol. The summed E-state index contributed by atoms with van der Waals surface area (Å²) in [6, 6.07) is 6.35. The van der Waals surface area contributed by atoms with Gasteiger partial charge in [0.1, 0.15) is 5.82 Å². The topological polar surface area (TPSA) is 60.9 Å². The summed E-state index contributed by atoms with van der Waals surface area (Å²) in [4.78, 5) is 27.9. The number of piperidine rings is 1. The van der Waals surface area contributed by atoms with E-state index in [9.17, 15) is 14.0 Å². The molecule has 1 N–H and O–H groups in total. The van der Waals surface area contributed by atoms with Crippen molar-refractivity contribution in [3.63, 3.8) is 0 Å². The maximum absolute atomic E-state index is 13.2. The van der Waals surface area contributed by atoms with Crippen molar-refractivity contribution in [3.05, 3.63) is 35.6 Å². The molecule has 1 saturated heterocycles. The Labute approximate surface area is 142 Å². The summed E-state index contributed by atoms with van der Waals surface area (Å²) in [5.41, 5.74) is 0.840. The van der Waals surface area contributed by atoms with Crippen LogP contribution in [0.5, 0.6) is 0 Å². The first-order valence-electron chi connectivity index (χ1n) is 8.47. The number of likely N-dealkylation sites (N-methyl/N-ethyl adjacent to an activating group) is 1. The number of aliphatic hydroxyl groups excluding tert-OH is 1. The molecule has 1 atom stereocenters. The first-order chi connectivity index (χ1) is 11.5. The minimum absolute atomic E-state index is 0.00481. The van der Waals surface area contributed by atoms with Crippen LogP contribution in [0.2, 0.25) is 0 Å². The smallest absolute Gasteiger partial charge is 0.227 e. The van der Waals surface area contributed by atoms with Crippen LogP contribution in [0.4, 0.5) is 4.39 Å². The lowest BCUT2D eigenvalue weighted by molar-refractivity contribution is -0.143. The Hall–Kier alpha value is -1.95. The van der Waals surface area contributed by atoms with Gasteiger partial charge in [0.2, 0.25) is 11.8 Å². The van der Waals surface area contributed by atoms with Gasteiger partial charge in [-0.2, -0.15) is 0 Å². The molecular formula is C18H25FN2O3. The Balaban J connectivity index is 1.95. The first kappa shape index (κ1) is 18.4. The van der Waals surface area contributed by atoms with Crippen molar-refractivity contribution in [2.45, 2.75) is 26.2 Å². The van der Waals surface area contributed by atoms with Crippen LogP contribution in [-0.4, -0.2) is 59.5 Å². The number of nitrogens with zero attached hydrogens (tertiary/aromatic N) is 2. The van der Waals surface area contributed by atoms with Gasteiger partial charge in [-0.1, -0.05) is 12.1 Å². The number of rotatable bonds is 7. The average Bonchev–Trinajstić information content (AvgIpc) is 2.58. The highest BCUT2D eigenvalue weighted by Gasteiger charge is 2.32. The zero-order valence-corrected chi connectivity index (χ0v) is 14.1. The van der Waals surface area contributed by atoms with Gasteiger partial charge in [-0.25, -0.2) is 4.39 Å². The van der Waals surface area contributed by atoms with E-state index >= 15 is 0 Å². The van der Waals surface area contributed by atoms with E-state index in [4.69, 9.17) is 5.11 Å². The molecule has 1 aromatic rings. The Morgan fingerprint density at radius 3 is 2.92 bits per heavy atom. The average molecular weight is 336 g/mol. The van der Waals surface area contributed by atoms with Crippen LogP contribution in [0.1, 0.15) is 25.3 Å². The molecular weight excluding hydrogens is 311 g/mol. The van der Waals surface area contributed by atoms with Crippen molar-refractivity contribution >= 4 is 11.8 Å². The van der Waals surface area contributed by atoms with Crippen LogP contribution in [0, 0.1) is 11.7 Å². The fraction of sp³-hybridized carbons (Fsp3) is 0.556. The van der Waals surface area contributed by atoms with E-state index in [-0.39, 0.29) is 30.2 Å². The van der Waals surface area contributed by atoms with Gasteiger partial charge in [0.05, 0.1) is 12.5 Å². The van der Waals surface area contributed by atoms with E-state index in [2.05, 4.69) is 0 Å². The number of hydrogen-bond acceptors (Lipinski definition) is 3. The summed E-state index contributed by atoms with van der Waals surface area (Å²) < 4.78 is 13.2. The van der Waals surface area contributed by atoms with E-state index in [1.165, 1.54) is 12.1 Å². The van der Waals surface area contributed by atoms with Gasteiger partial charge in [0, 0.05) is 32.6 Å². The lowest BCUT2D eigenvalue weighted by atomic mass is 9.95. The SMILES string of the molecule is CCN(CCO)C(=O)[C@H]1CCC(=O)N(CCc2cccc(F)c2)C1. The van der Waals surface area contributed by atoms with Crippen LogP contribution in [0.3, 0.4) is 0 Å². The van der Waals surface area contributed by atoms with Crippen molar-refractivity contribution in [1.29, 1.82) is 0 Å². The van der Waals surface area contributed by atoms with E-state index < -0.39 is 0 Å². The van der Waals surface area contributed by atoms with Gasteiger partial charge in [0.25, 0.3) is 0 Å². The molecule has 1 aromatic carbocycles.